The van der Waals surface area contributed by atoms with Crippen LogP contribution in [0, 0.1) is 13.8 Å². The molecule has 0 fully saturated rings. The summed E-state index contributed by atoms with van der Waals surface area (Å²) < 4.78 is 0. The van der Waals surface area contributed by atoms with Crippen LogP contribution in [-0.4, -0.2) is 5.11 Å². The Kier molecular flexibility index (Phi) is 3.39. The van der Waals surface area contributed by atoms with Crippen LogP contribution in [0.2, 0.25) is 0 Å². The Morgan fingerprint density at radius 1 is 1.00 bits per heavy atom. The first kappa shape index (κ1) is 13.0. The smallest absolute Gasteiger partial charge is 0.121 e. The van der Waals surface area contributed by atoms with E-state index in [1.807, 2.05) is 26.0 Å². The van der Waals surface area contributed by atoms with Gasteiger partial charge in [-0.15, -0.1) is 0 Å². The number of nitrogens with one attached hydrogen (secondary N) is 1. The number of aromatic hydroxyl groups is 1. The zero-order valence-electron chi connectivity index (χ0n) is 12.2. The molecule has 0 amide bonds. The van der Waals surface area contributed by atoms with Crippen molar-refractivity contribution in [2.24, 2.45) is 0 Å². The normalized spacial score (nSPS) is 13.3. The molecule has 2 aromatic rings. The molecule has 2 aromatic carbocycles. The molecule has 2 N–H and O–H groups in total. The van der Waals surface area contributed by atoms with Gasteiger partial charge in [-0.1, -0.05) is 18.2 Å². The summed E-state index contributed by atoms with van der Waals surface area (Å²) in [6, 6.07) is 10.8. The number of hydrogen-bond acceptors (Lipinski definition) is 2. The van der Waals surface area contributed by atoms with Crippen molar-refractivity contribution in [3.63, 3.8) is 0 Å². The molecule has 104 valence electrons. The van der Waals surface area contributed by atoms with E-state index in [2.05, 4.69) is 23.5 Å². The Morgan fingerprint density at radius 2 is 1.70 bits per heavy atom. The van der Waals surface area contributed by atoms with Crippen LogP contribution in [-0.2, 0) is 19.4 Å². The van der Waals surface area contributed by atoms with E-state index < -0.39 is 0 Å². The maximum absolute atomic E-state index is 9.80. The molecule has 3 rings (SSSR count). The summed E-state index contributed by atoms with van der Waals surface area (Å²) in [5.74, 6) is 0.409. The lowest BCUT2D eigenvalue weighted by molar-refractivity contribution is 0.466. The zero-order chi connectivity index (χ0) is 14.1. The number of fused-ring (bicyclic) bond motifs is 1. The standard InChI is InChI=1S/C18H21NO/c1-12-8-14(9-13(2)18(12)20)11-19-17-7-6-15-4-3-5-16(15)10-17/h6-10,19-20H,3-5,11H2,1-2H3. The van der Waals surface area contributed by atoms with Crippen LogP contribution >= 0.6 is 0 Å². The number of hydrogen-bond donors (Lipinski definition) is 2. The van der Waals surface area contributed by atoms with Gasteiger partial charge < -0.3 is 10.4 Å². The van der Waals surface area contributed by atoms with Gasteiger partial charge in [0.15, 0.2) is 0 Å². The summed E-state index contributed by atoms with van der Waals surface area (Å²) in [6.07, 6.45) is 3.73. The summed E-state index contributed by atoms with van der Waals surface area (Å²) in [7, 11) is 0. The molecule has 0 aromatic heterocycles. The van der Waals surface area contributed by atoms with Crippen molar-refractivity contribution >= 4 is 5.69 Å². The topological polar surface area (TPSA) is 32.3 Å². The molecule has 0 bridgehead atoms. The SMILES string of the molecule is Cc1cc(CNc2ccc3c(c2)CCC3)cc(C)c1O. The molecule has 0 atom stereocenters. The minimum Gasteiger partial charge on any atom is -0.507 e. The molecule has 0 aliphatic heterocycles. The second kappa shape index (κ2) is 5.20. The Bertz CT molecular complexity index is 623. The van der Waals surface area contributed by atoms with Crippen molar-refractivity contribution < 1.29 is 5.11 Å². The average molecular weight is 267 g/mol. The molecule has 0 unspecified atom stereocenters. The number of phenols is 1. The fourth-order valence-corrected chi connectivity index (χ4v) is 3.03. The van der Waals surface area contributed by atoms with Gasteiger partial charge in [0.2, 0.25) is 0 Å². The van der Waals surface area contributed by atoms with Gasteiger partial charge in [0.05, 0.1) is 0 Å². The lowest BCUT2D eigenvalue weighted by atomic mass is 10.1. The molecule has 0 saturated heterocycles. The van der Waals surface area contributed by atoms with Gasteiger partial charge in [0.1, 0.15) is 5.75 Å². The van der Waals surface area contributed by atoms with E-state index in [9.17, 15) is 5.11 Å². The quantitative estimate of drug-likeness (QED) is 0.877. The molecular weight excluding hydrogens is 246 g/mol. The van der Waals surface area contributed by atoms with Gasteiger partial charge in [-0.2, -0.15) is 0 Å². The predicted molar refractivity (Wildman–Crippen MR) is 83.4 cm³/mol. The minimum atomic E-state index is 0.409. The molecule has 0 radical (unpaired) electrons. The summed E-state index contributed by atoms with van der Waals surface area (Å²) in [5.41, 5.74) is 7.28. The van der Waals surface area contributed by atoms with Crippen molar-refractivity contribution in [1.82, 2.24) is 0 Å². The second-order valence-corrected chi connectivity index (χ2v) is 5.77. The summed E-state index contributed by atoms with van der Waals surface area (Å²) >= 11 is 0. The number of phenolic OH excluding ortho intramolecular Hbond substituents is 1. The van der Waals surface area contributed by atoms with E-state index in [1.165, 1.54) is 41.6 Å². The fraction of sp³-hybridized carbons (Fsp3) is 0.333. The van der Waals surface area contributed by atoms with Gasteiger partial charge in [-0.3, -0.25) is 0 Å². The maximum Gasteiger partial charge on any atom is 0.121 e. The van der Waals surface area contributed by atoms with E-state index in [1.54, 1.807) is 0 Å². The van der Waals surface area contributed by atoms with E-state index in [4.69, 9.17) is 0 Å². The van der Waals surface area contributed by atoms with Crippen molar-refractivity contribution in [3.05, 3.63) is 58.1 Å². The van der Waals surface area contributed by atoms with Crippen LogP contribution in [0.15, 0.2) is 30.3 Å². The highest BCUT2D eigenvalue weighted by Gasteiger charge is 2.10. The molecule has 20 heavy (non-hydrogen) atoms. The Balaban J connectivity index is 1.73. The molecule has 1 aliphatic rings. The van der Waals surface area contributed by atoms with Crippen LogP contribution in [0.5, 0.6) is 5.75 Å². The highest BCUT2D eigenvalue weighted by molar-refractivity contribution is 5.51. The average Bonchev–Trinajstić information content (AvgIpc) is 2.89. The molecular formula is C18H21NO. The van der Waals surface area contributed by atoms with Gasteiger partial charge in [-0.05, 0) is 73.1 Å². The molecule has 0 saturated carbocycles. The number of aryl methyl sites for hydroxylation is 4. The van der Waals surface area contributed by atoms with E-state index in [0.29, 0.717) is 5.75 Å². The van der Waals surface area contributed by atoms with Gasteiger partial charge in [-0.25, -0.2) is 0 Å². The number of rotatable bonds is 3. The minimum absolute atomic E-state index is 0.409. The summed E-state index contributed by atoms with van der Waals surface area (Å²) in [6.45, 7) is 4.68. The van der Waals surface area contributed by atoms with Crippen LogP contribution < -0.4 is 5.32 Å². The van der Waals surface area contributed by atoms with Crippen molar-refractivity contribution in [3.8, 4) is 5.75 Å². The third kappa shape index (κ3) is 2.51. The molecule has 0 heterocycles. The van der Waals surface area contributed by atoms with Crippen molar-refractivity contribution in [1.29, 1.82) is 0 Å². The first-order chi connectivity index (χ1) is 9.63. The Labute approximate surface area is 120 Å². The van der Waals surface area contributed by atoms with Crippen molar-refractivity contribution in [2.75, 3.05) is 5.32 Å². The first-order valence-electron chi connectivity index (χ1n) is 7.28. The van der Waals surface area contributed by atoms with E-state index >= 15 is 0 Å². The van der Waals surface area contributed by atoms with E-state index in [-0.39, 0.29) is 0 Å². The Morgan fingerprint density at radius 3 is 2.45 bits per heavy atom. The summed E-state index contributed by atoms with van der Waals surface area (Å²) in [5, 5.41) is 13.3. The number of anilines is 1. The lowest BCUT2D eigenvalue weighted by Crippen LogP contribution is -2.01. The fourth-order valence-electron chi connectivity index (χ4n) is 3.03. The molecule has 2 heteroatoms. The van der Waals surface area contributed by atoms with E-state index in [0.717, 1.165) is 17.7 Å². The third-order valence-electron chi connectivity index (χ3n) is 4.15. The van der Waals surface area contributed by atoms with Crippen LogP contribution in [0.4, 0.5) is 5.69 Å². The van der Waals surface area contributed by atoms with Gasteiger partial charge >= 0.3 is 0 Å². The van der Waals surface area contributed by atoms with Gasteiger partial charge in [0, 0.05) is 12.2 Å². The predicted octanol–water partition coefficient (Wildman–Crippen LogP) is 4.11. The summed E-state index contributed by atoms with van der Waals surface area (Å²) in [4.78, 5) is 0. The monoisotopic (exact) mass is 267 g/mol. The van der Waals surface area contributed by atoms with Gasteiger partial charge in [0.25, 0.3) is 0 Å². The number of benzene rings is 2. The highest BCUT2D eigenvalue weighted by atomic mass is 16.3. The zero-order valence-corrected chi connectivity index (χ0v) is 12.2. The highest BCUT2D eigenvalue weighted by Crippen LogP contribution is 2.26. The second-order valence-electron chi connectivity index (χ2n) is 5.77. The molecule has 2 nitrogen and oxygen atoms in total. The largest absolute Gasteiger partial charge is 0.507 e. The lowest BCUT2D eigenvalue weighted by Gasteiger charge is -2.11. The first-order valence-corrected chi connectivity index (χ1v) is 7.28. The van der Waals surface area contributed by atoms with Crippen molar-refractivity contribution in [2.45, 2.75) is 39.7 Å². The maximum atomic E-state index is 9.80. The third-order valence-corrected chi connectivity index (χ3v) is 4.15. The Hall–Kier alpha value is -1.96. The van der Waals surface area contributed by atoms with Crippen LogP contribution in [0.1, 0.15) is 34.2 Å². The molecule has 1 aliphatic carbocycles. The van der Waals surface area contributed by atoms with Crippen LogP contribution in [0.3, 0.4) is 0 Å². The van der Waals surface area contributed by atoms with Crippen LogP contribution in [0.25, 0.3) is 0 Å². The molecule has 0 spiro atoms.